The topological polar surface area (TPSA) is 67.9 Å². The van der Waals surface area contributed by atoms with Crippen LogP contribution in [-0.2, 0) is 16.0 Å². The van der Waals surface area contributed by atoms with Gasteiger partial charge in [-0.25, -0.2) is 0 Å². The molecular formula is C20H22N2O4. The zero-order chi connectivity index (χ0) is 18.7. The van der Waals surface area contributed by atoms with Crippen LogP contribution in [0.2, 0.25) is 0 Å². The van der Waals surface area contributed by atoms with Crippen molar-refractivity contribution in [2.45, 2.75) is 26.4 Å². The van der Waals surface area contributed by atoms with E-state index in [1.54, 1.807) is 37.1 Å². The summed E-state index contributed by atoms with van der Waals surface area (Å²) in [7, 11) is 1.71. The highest BCUT2D eigenvalue weighted by Crippen LogP contribution is 2.35. The van der Waals surface area contributed by atoms with Crippen molar-refractivity contribution in [2.75, 3.05) is 23.9 Å². The molecule has 0 saturated carbocycles. The average molecular weight is 354 g/mol. The fourth-order valence-corrected chi connectivity index (χ4v) is 2.80. The Kier molecular flexibility index (Phi) is 5.11. The molecule has 1 heterocycles. The molecule has 0 aliphatic carbocycles. The van der Waals surface area contributed by atoms with E-state index in [0.717, 1.165) is 12.0 Å². The zero-order valence-electron chi connectivity index (χ0n) is 15.1. The smallest absolute Gasteiger partial charge is 0.267 e. The number of carbonyl (C=O) groups excluding carboxylic acids is 2. The molecule has 26 heavy (non-hydrogen) atoms. The Balaban J connectivity index is 1.63. The molecule has 1 N–H and O–H groups in total. The van der Waals surface area contributed by atoms with Gasteiger partial charge in [0.05, 0.1) is 5.69 Å². The number of fused-ring (bicyclic) bond motifs is 1. The number of amides is 2. The van der Waals surface area contributed by atoms with Gasteiger partial charge in [-0.3, -0.25) is 9.59 Å². The Morgan fingerprint density at radius 2 is 2.08 bits per heavy atom. The highest BCUT2D eigenvalue weighted by molar-refractivity contribution is 6.00. The van der Waals surface area contributed by atoms with Crippen LogP contribution in [0.1, 0.15) is 19.4 Å². The van der Waals surface area contributed by atoms with Crippen LogP contribution in [-0.4, -0.2) is 31.6 Å². The zero-order valence-corrected chi connectivity index (χ0v) is 15.1. The van der Waals surface area contributed by atoms with Crippen LogP contribution in [0.25, 0.3) is 0 Å². The first-order valence-corrected chi connectivity index (χ1v) is 8.57. The first-order valence-electron chi connectivity index (χ1n) is 8.57. The van der Waals surface area contributed by atoms with Gasteiger partial charge in [-0.05, 0) is 43.2 Å². The highest BCUT2D eigenvalue weighted by atomic mass is 16.5. The van der Waals surface area contributed by atoms with Gasteiger partial charge in [0.2, 0.25) is 0 Å². The van der Waals surface area contributed by atoms with Gasteiger partial charge in [0.25, 0.3) is 11.8 Å². The Hall–Kier alpha value is -3.02. The lowest BCUT2D eigenvalue weighted by molar-refractivity contribution is -0.125. The lowest BCUT2D eigenvalue weighted by Crippen LogP contribution is -2.41. The van der Waals surface area contributed by atoms with Gasteiger partial charge in [0.1, 0.15) is 11.5 Å². The number of hydrogen-bond acceptors (Lipinski definition) is 4. The fraction of sp³-hybridized carbons (Fsp3) is 0.300. The Morgan fingerprint density at radius 3 is 2.85 bits per heavy atom. The molecule has 6 heteroatoms. The number of ether oxygens (including phenoxy) is 2. The van der Waals surface area contributed by atoms with E-state index in [4.69, 9.17) is 9.47 Å². The minimum atomic E-state index is -0.548. The molecule has 1 atom stereocenters. The number of nitrogens with zero attached hydrogens (tertiary/aromatic N) is 1. The average Bonchev–Trinajstić information content (AvgIpc) is 2.64. The van der Waals surface area contributed by atoms with E-state index in [-0.39, 0.29) is 18.4 Å². The number of rotatable bonds is 5. The molecule has 1 aliphatic rings. The Morgan fingerprint density at radius 1 is 1.27 bits per heavy atom. The van der Waals surface area contributed by atoms with Crippen molar-refractivity contribution in [3.8, 4) is 11.5 Å². The molecule has 1 unspecified atom stereocenters. The van der Waals surface area contributed by atoms with Crippen LogP contribution < -0.4 is 19.7 Å². The molecule has 6 nitrogen and oxygen atoms in total. The third-order valence-corrected chi connectivity index (χ3v) is 4.26. The molecule has 0 saturated heterocycles. The van der Waals surface area contributed by atoms with E-state index in [2.05, 4.69) is 12.2 Å². The summed E-state index contributed by atoms with van der Waals surface area (Å²) in [6.45, 7) is 3.68. The summed E-state index contributed by atoms with van der Waals surface area (Å²) < 4.78 is 11.2. The largest absolute Gasteiger partial charge is 0.484 e. The van der Waals surface area contributed by atoms with Crippen molar-refractivity contribution in [1.82, 2.24) is 0 Å². The lowest BCUT2D eigenvalue weighted by Gasteiger charge is -2.30. The van der Waals surface area contributed by atoms with Gasteiger partial charge in [0.15, 0.2) is 12.7 Å². The second kappa shape index (κ2) is 7.47. The van der Waals surface area contributed by atoms with Crippen LogP contribution >= 0.6 is 0 Å². The minimum Gasteiger partial charge on any atom is -0.484 e. The van der Waals surface area contributed by atoms with Gasteiger partial charge in [-0.15, -0.1) is 0 Å². The van der Waals surface area contributed by atoms with Crippen molar-refractivity contribution in [3.05, 3.63) is 48.0 Å². The van der Waals surface area contributed by atoms with E-state index in [0.29, 0.717) is 22.9 Å². The predicted octanol–water partition coefficient (Wildman–Crippen LogP) is 3.01. The van der Waals surface area contributed by atoms with E-state index in [1.165, 1.54) is 0 Å². The maximum atomic E-state index is 12.1. The molecule has 0 fully saturated rings. The number of carbonyl (C=O) groups is 2. The second-order valence-electron chi connectivity index (χ2n) is 6.18. The fourth-order valence-electron chi connectivity index (χ4n) is 2.80. The van der Waals surface area contributed by atoms with E-state index < -0.39 is 6.10 Å². The maximum Gasteiger partial charge on any atom is 0.267 e. The van der Waals surface area contributed by atoms with Crippen molar-refractivity contribution in [1.29, 1.82) is 0 Å². The van der Waals surface area contributed by atoms with Crippen LogP contribution in [0.15, 0.2) is 42.5 Å². The third-order valence-electron chi connectivity index (χ3n) is 4.26. The molecule has 1 aliphatic heterocycles. The van der Waals surface area contributed by atoms with Crippen molar-refractivity contribution in [3.63, 3.8) is 0 Å². The van der Waals surface area contributed by atoms with Crippen molar-refractivity contribution >= 4 is 23.2 Å². The summed E-state index contributed by atoms with van der Waals surface area (Å²) >= 11 is 0. The minimum absolute atomic E-state index is 0.0834. The monoisotopic (exact) mass is 354 g/mol. The predicted molar refractivity (Wildman–Crippen MR) is 99.9 cm³/mol. The standard InChI is InChI=1S/C20H22N2O4/c1-4-14-6-5-7-16(10-14)25-12-19(23)21-15-8-9-17-18(11-15)26-13(2)20(24)22(17)3/h5-11,13H,4,12H2,1-3H3,(H,21,23). The molecule has 0 radical (unpaired) electrons. The quantitative estimate of drug-likeness (QED) is 0.896. The van der Waals surface area contributed by atoms with Crippen LogP contribution in [0, 0.1) is 0 Å². The van der Waals surface area contributed by atoms with E-state index in [1.807, 2.05) is 24.3 Å². The Bertz CT molecular complexity index is 834. The van der Waals surface area contributed by atoms with Crippen LogP contribution in [0.3, 0.4) is 0 Å². The normalized spacial score (nSPS) is 15.9. The summed E-state index contributed by atoms with van der Waals surface area (Å²) in [5, 5.41) is 2.78. The molecule has 0 bridgehead atoms. The van der Waals surface area contributed by atoms with Gasteiger partial charge in [0, 0.05) is 18.8 Å². The van der Waals surface area contributed by atoms with E-state index in [9.17, 15) is 9.59 Å². The summed E-state index contributed by atoms with van der Waals surface area (Å²) in [6, 6.07) is 12.9. The van der Waals surface area contributed by atoms with Crippen LogP contribution in [0.4, 0.5) is 11.4 Å². The number of nitrogens with one attached hydrogen (secondary N) is 1. The highest BCUT2D eigenvalue weighted by Gasteiger charge is 2.28. The molecule has 2 amide bonds. The first-order chi connectivity index (χ1) is 12.5. The third kappa shape index (κ3) is 3.79. The van der Waals surface area contributed by atoms with Crippen molar-refractivity contribution < 1.29 is 19.1 Å². The molecule has 2 aromatic carbocycles. The van der Waals surface area contributed by atoms with E-state index >= 15 is 0 Å². The number of hydrogen-bond donors (Lipinski definition) is 1. The Labute approximate surface area is 152 Å². The first kappa shape index (κ1) is 17.8. The molecule has 136 valence electrons. The molecule has 0 spiro atoms. The number of aryl methyl sites for hydroxylation is 1. The number of anilines is 2. The summed E-state index contributed by atoms with van der Waals surface area (Å²) in [6.07, 6.45) is 0.362. The van der Waals surface area contributed by atoms with Crippen LogP contribution in [0.5, 0.6) is 11.5 Å². The van der Waals surface area contributed by atoms with Gasteiger partial charge >= 0.3 is 0 Å². The maximum absolute atomic E-state index is 12.1. The SMILES string of the molecule is CCc1cccc(OCC(=O)Nc2ccc3c(c2)OC(C)C(=O)N3C)c1. The van der Waals surface area contributed by atoms with Crippen molar-refractivity contribution in [2.24, 2.45) is 0 Å². The molecular weight excluding hydrogens is 332 g/mol. The van der Waals surface area contributed by atoms with Gasteiger partial charge < -0.3 is 19.7 Å². The second-order valence-corrected chi connectivity index (χ2v) is 6.18. The number of likely N-dealkylation sites (N-methyl/N-ethyl adjacent to an activating group) is 1. The number of benzene rings is 2. The summed E-state index contributed by atoms with van der Waals surface area (Å²) in [5.74, 6) is 0.869. The molecule has 3 rings (SSSR count). The lowest BCUT2D eigenvalue weighted by atomic mass is 10.2. The van der Waals surface area contributed by atoms with Gasteiger partial charge in [-0.2, -0.15) is 0 Å². The molecule has 0 aromatic heterocycles. The van der Waals surface area contributed by atoms with Gasteiger partial charge in [-0.1, -0.05) is 19.1 Å². The molecule has 2 aromatic rings. The summed E-state index contributed by atoms with van der Waals surface area (Å²) in [5.41, 5.74) is 2.43. The summed E-state index contributed by atoms with van der Waals surface area (Å²) in [4.78, 5) is 25.6.